The Bertz CT molecular complexity index is 2060. The Labute approximate surface area is 270 Å². The number of hydrogen-bond donors (Lipinski definition) is 1. The molecule has 0 aliphatic heterocycles. The molecule has 0 aliphatic carbocycles. The SMILES string of the molecule is COc1ccc(CCN(Cc2ccccc2F)C(c2cc3cccc(C)c3[nH]c2=O)c2nnnn2Cc2ccc(F)cc2)cc1OC. The van der Waals surface area contributed by atoms with Gasteiger partial charge in [-0.15, -0.1) is 5.10 Å². The number of aromatic amines is 1. The Balaban J connectivity index is 1.49. The molecule has 6 aromatic rings. The lowest BCUT2D eigenvalue weighted by molar-refractivity contribution is 0.203. The number of nitrogens with one attached hydrogen (secondary N) is 1. The van der Waals surface area contributed by atoms with Gasteiger partial charge in [-0.1, -0.05) is 54.6 Å². The minimum atomic E-state index is -0.793. The summed E-state index contributed by atoms with van der Waals surface area (Å²) in [5, 5.41) is 13.6. The summed E-state index contributed by atoms with van der Waals surface area (Å²) in [6.07, 6.45) is 0.523. The Morgan fingerprint density at radius 2 is 1.66 bits per heavy atom. The lowest BCUT2D eigenvalue weighted by atomic mass is 10.00. The number of hydrogen-bond acceptors (Lipinski definition) is 7. The van der Waals surface area contributed by atoms with Gasteiger partial charge in [0.15, 0.2) is 17.3 Å². The third-order valence-electron chi connectivity index (χ3n) is 8.29. The number of halogens is 2. The van der Waals surface area contributed by atoms with Crippen LogP contribution in [0, 0.1) is 18.6 Å². The highest BCUT2D eigenvalue weighted by molar-refractivity contribution is 5.82. The second-order valence-electron chi connectivity index (χ2n) is 11.3. The van der Waals surface area contributed by atoms with E-state index in [1.54, 1.807) is 49.2 Å². The van der Waals surface area contributed by atoms with Crippen LogP contribution in [-0.2, 0) is 19.5 Å². The number of methoxy groups -OCH3 is 2. The number of ether oxygens (including phenoxy) is 2. The molecule has 6 rings (SSSR count). The third kappa shape index (κ3) is 6.90. The summed E-state index contributed by atoms with van der Waals surface area (Å²) >= 11 is 0. The molecule has 47 heavy (non-hydrogen) atoms. The van der Waals surface area contributed by atoms with Crippen LogP contribution in [0.15, 0.2) is 95.8 Å². The van der Waals surface area contributed by atoms with Crippen molar-refractivity contribution in [3.8, 4) is 11.5 Å². The van der Waals surface area contributed by atoms with E-state index in [0.717, 1.165) is 27.6 Å². The summed E-state index contributed by atoms with van der Waals surface area (Å²) < 4.78 is 41.5. The number of pyridine rings is 1. The summed E-state index contributed by atoms with van der Waals surface area (Å²) in [5.74, 6) is 0.863. The molecule has 2 heterocycles. The van der Waals surface area contributed by atoms with Crippen molar-refractivity contribution in [1.29, 1.82) is 0 Å². The first-order chi connectivity index (χ1) is 22.8. The van der Waals surface area contributed by atoms with Gasteiger partial charge in [0.05, 0.1) is 26.3 Å². The monoisotopic (exact) mass is 636 g/mol. The maximum Gasteiger partial charge on any atom is 0.253 e. The maximum absolute atomic E-state index is 15.2. The predicted molar refractivity (Wildman–Crippen MR) is 175 cm³/mol. The Morgan fingerprint density at radius 1 is 0.894 bits per heavy atom. The number of para-hydroxylation sites is 1. The normalized spacial score (nSPS) is 12.0. The van der Waals surface area contributed by atoms with Crippen LogP contribution in [0.3, 0.4) is 0 Å². The van der Waals surface area contributed by atoms with E-state index in [2.05, 4.69) is 20.5 Å². The van der Waals surface area contributed by atoms with Crippen LogP contribution in [0.1, 0.15) is 39.7 Å². The highest BCUT2D eigenvalue weighted by atomic mass is 19.1. The molecule has 2 aromatic heterocycles. The summed E-state index contributed by atoms with van der Waals surface area (Å²) in [6.45, 7) is 2.71. The Kier molecular flexibility index (Phi) is 9.35. The lowest BCUT2D eigenvalue weighted by Crippen LogP contribution is -2.36. The molecule has 0 radical (unpaired) electrons. The topological polar surface area (TPSA) is 98.2 Å². The van der Waals surface area contributed by atoms with Gasteiger partial charge in [-0.3, -0.25) is 9.69 Å². The van der Waals surface area contributed by atoms with Gasteiger partial charge in [0.25, 0.3) is 5.56 Å². The molecule has 9 nitrogen and oxygen atoms in total. The lowest BCUT2D eigenvalue weighted by Gasteiger charge is -2.31. The first-order valence-corrected chi connectivity index (χ1v) is 15.2. The highest BCUT2D eigenvalue weighted by Gasteiger charge is 2.31. The molecule has 0 spiro atoms. The molecule has 0 saturated heterocycles. The van der Waals surface area contributed by atoms with E-state index in [9.17, 15) is 9.18 Å². The molecule has 0 fully saturated rings. The van der Waals surface area contributed by atoms with Gasteiger partial charge in [0, 0.05) is 24.2 Å². The van der Waals surface area contributed by atoms with Crippen molar-refractivity contribution in [2.24, 2.45) is 0 Å². The van der Waals surface area contributed by atoms with Gasteiger partial charge in [0.2, 0.25) is 0 Å². The number of aryl methyl sites for hydroxylation is 1. The Hall–Kier alpha value is -5.42. The van der Waals surface area contributed by atoms with Crippen LogP contribution >= 0.6 is 0 Å². The van der Waals surface area contributed by atoms with Crippen LogP contribution in [0.2, 0.25) is 0 Å². The molecule has 1 unspecified atom stereocenters. The number of benzene rings is 4. The van der Waals surface area contributed by atoms with E-state index in [4.69, 9.17) is 9.47 Å². The van der Waals surface area contributed by atoms with Crippen molar-refractivity contribution in [3.05, 3.63) is 147 Å². The summed E-state index contributed by atoms with van der Waals surface area (Å²) in [5.41, 5.74) is 3.94. The van der Waals surface area contributed by atoms with Crippen molar-refractivity contribution in [2.45, 2.75) is 32.5 Å². The fraction of sp³-hybridized carbons (Fsp3) is 0.222. The van der Waals surface area contributed by atoms with Crippen molar-refractivity contribution in [3.63, 3.8) is 0 Å². The molecular formula is C36H34F2N6O3. The number of nitrogens with zero attached hydrogens (tertiary/aromatic N) is 5. The van der Waals surface area contributed by atoms with Gasteiger partial charge < -0.3 is 14.5 Å². The average molecular weight is 637 g/mol. The standard InChI is InChI=1S/C36H34F2N6O3/c1-23-7-6-9-26-20-29(36(45)39-33(23)26)34(35-40-41-42-44(35)21-25-11-14-28(37)15-12-25)43(22-27-8-4-5-10-30(27)38)18-17-24-13-16-31(46-2)32(19-24)47-3/h4-16,19-20,34H,17-18,21-22H2,1-3H3,(H,39,45). The van der Waals surface area contributed by atoms with Crippen molar-refractivity contribution < 1.29 is 18.3 Å². The van der Waals surface area contributed by atoms with Crippen LogP contribution in [-0.4, -0.2) is 50.9 Å². The van der Waals surface area contributed by atoms with E-state index in [1.165, 1.54) is 18.2 Å². The molecule has 0 bridgehead atoms. The minimum absolute atomic E-state index is 0.152. The van der Waals surface area contributed by atoms with Crippen LogP contribution in [0.25, 0.3) is 10.9 Å². The molecule has 4 aromatic carbocycles. The van der Waals surface area contributed by atoms with E-state index >= 15 is 4.39 Å². The predicted octanol–water partition coefficient (Wildman–Crippen LogP) is 6.00. The van der Waals surface area contributed by atoms with E-state index in [1.807, 2.05) is 54.3 Å². The quantitative estimate of drug-likeness (QED) is 0.176. The number of fused-ring (bicyclic) bond motifs is 1. The van der Waals surface area contributed by atoms with Gasteiger partial charge in [-0.25, -0.2) is 13.5 Å². The van der Waals surface area contributed by atoms with Gasteiger partial charge >= 0.3 is 0 Å². The number of tetrazole rings is 1. The molecule has 240 valence electrons. The maximum atomic E-state index is 15.2. The fourth-order valence-corrected chi connectivity index (χ4v) is 5.84. The smallest absolute Gasteiger partial charge is 0.253 e. The molecule has 0 amide bonds. The zero-order valence-electron chi connectivity index (χ0n) is 26.3. The minimum Gasteiger partial charge on any atom is -0.493 e. The van der Waals surface area contributed by atoms with Crippen LogP contribution in [0.5, 0.6) is 11.5 Å². The van der Waals surface area contributed by atoms with E-state index in [-0.39, 0.29) is 30.3 Å². The van der Waals surface area contributed by atoms with E-state index < -0.39 is 6.04 Å². The third-order valence-corrected chi connectivity index (χ3v) is 8.29. The average Bonchev–Trinajstić information content (AvgIpc) is 3.53. The molecule has 0 aliphatic rings. The second kappa shape index (κ2) is 13.9. The van der Waals surface area contributed by atoms with Crippen molar-refractivity contribution >= 4 is 10.9 Å². The Morgan fingerprint density at radius 3 is 2.43 bits per heavy atom. The van der Waals surface area contributed by atoms with Crippen LogP contribution in [0.4, 0.5) is 8.78 Å². The van der Waals surface area contributed by atoms with Crippen molar-refractivity contribution in [2.75, 3.05) is 20.8 Å². The van der Waals surface area contributed by atoms with Gasteiger partial charge in [-0.05, 0) is 82.2 Å². The van der Waals surface area contributed by atoms with E-state index in [0.29, 0.717) is 41.4 Å². The molecule has 0 saturated carbocycles. The molecular weight excluding hydrogens is 602 g/mol. The van der Waals surface area contributed by atoms with Gasteiger partial charge in [-0.2, -0.15) is 0 Å². The second-order valence-corrected chi connectivity index (χ2v) is 11.3. The highest BCUT2D eigenvalue weighted by Crippen LogP contribution is 2.32. The molecule has 11 heteroatoms. The number of H-pyrrole nitrogens is 1. The number of rotatable bonds is 12. The largest absolute Gasteiger partial charge is 0.493 e. The fourth-order valence-electron chi connectivity index (χ4n) is 5.84. The first kappa shape index (κ1) is 31.6. The summed E-state index contributed by atoms with van der Waals surface area (Å²) in [6, 6.07) is 25.2. The summed E-state index contributed by atoms with van der Waals surface area (Å²) in [4.78, 5) is 19.1. The zero-order chi connectivity index (χ0) is 32.9. The van der Waals surface area contributed by atoms with Crippen molar-refractivity contribution in [1.82, 2.24) is 30.1 Å². The van der Waals surface area contributed by atoms with Crippen LogP contribution < -0.4 is 15.0 Å². The zero-order valence-corrected chi connectivity index (χ0v) is 26.3. The molecule has 1 N–H and O–H groups in total. The first-order valence-electron chi connectivity index (χ1n) is 15.2. The van der Waals surface area contributed by atoms with Gasteiger partial charge in [0.1, 0.15) is 17.7 Å². The summed E-state index contributed by atoms with van der Waals surface area (Å²) in [7, 11) is 3.16. The number of aromatic nitrogens is 5. The molecule has 1 atom stereocenters.